The van der Waals surface area contributed by atoms with Crippen LogP contribution in [0.2, 0.25) is 0 Å². The van der Waals surface area contributed by atoms with Gasteiger partial charge < -0.3 is 4.42 Å². The standard InChI is InChI=1S/C26H21N3O/c1-17-7-10-20(11-8-17)24-16-23(21-13-9-18(2)15-25(21)30-24)28-29-26-14-12-19-5-3-4-6-22(19)27-26/h3-16H,1-2H3,(H,27,29). The number of anilines is 1. The molecule has 0 spiro atoms. The molecule has 3 aromatic carbocycles. The zero-order valence-electron chi connectivity index (χ0n) is 16.9. The van der Waals surface area contributed by atoms with Crippen LogP contribution >= 0.6 is 0 Å². The molecule has 0 saturated heterocycles. The van der Waals surface area contributed by atoms with Gasteiger partial charge in [-0.05, 0) is 49.7 Å². The lowest BCUT2D eigenvalue weighted by Gasteiger charge is -2.07. The maximum absolute atomic E-state index is 6.22. The van der Waals surface area contributed by atoms with Crippen LogP contribution < -0.4 is 10.8 Å². The van der Waals surface area contributed by atoms with Crippen molar-refractivity contribution in [2.75, 3.05) is 5.43 Å². The third-order valence-electron chi connectivity index (χ3n) is 5.13. The molecule has 2 aromatic heterocycles. The van der Waals surface area contributed by atoms with Crippen molar-refractivity contribution in [2.24, 2.45) is 5.10 Å². The summed E-state index contributed by atoms with van der Waals surface area (Å²) < 4.78 is 6.22. The van der Waals surface area contributed by atoms with E-state index in [9.17, 15) is 0 Å². The minimum atomic E-state index is 0.701. The highest BCUT2D eigenvalue weighted by Crippen LogP contribution is 2.23. The van der Waals surface area contributed by atoms with E-state index in [0.29, 0.717) is 5.82 Å². The van der Waals surface area contributed by atoms with Crippen molar-refractivity contribution >= 4 is 27.7 Å². The number of pyridine rings is 1. The van der Waals surface area contributed by atoms with Gasteiger partial charge >= 0.3 is 0 Å². The van der Waals surface area contributed by atoms with E-state index in [1.807, 2.05) is 54.6 Å². The van der Waals surface area contributed by atoms with Crippen molar-refractivity contribution in [1.82, 2.24) is 4.98 Å². The molecule has 0 amide bonds. The lowest BCUT2D eigenvalue weighted by atomic mass is 10.1. The number of fused-ring (bicyclic) bond motifs is 2. The summed E-state index contributed by atoms with van der Waals surface area (Å²) in [5.41, 5.74) is 8.23. The van der Waals surface area contributed by atoms with Crippen molar-refractivity contribution in [1.29, 1.82) is 0 Å². The highest BCUT2D eigenvalue weighted by atomic mass is 16.3. The maximum atomic E-state index is 6.22. The van der Waals surface area contributed by atoms with Gasteiger partial charge in [0.1, 0.15) is 17.2 Å². The van der Waals surface area contributed by atoms with E-state index in [1.54, 1.807) is 0 Å². The summed E-state index contributed by atoms with van der Waals surface area (Å²) in [6, 6.07) is 28.4. The van der Waals surface area contributed by atoms with Crippen LogP contribution in [-0.4, -0.2) is 4.98 Å². The normalized spacial score (nSPS) is 11.9. The van der Waals surface area contributed by atoms with Gasteiger partial charge in [-0.25, -0.2) is 4.98 Å². The largest absolute Gasteiger partial charge is 0.456 e. The lowest BCUT2D eigenvalue weighted by Crippen LogP contribution is -2.08. The second kappa shape index (κ2) is 7.48. The van der Waals surface area contributed by atoms with Crippen molar-refractivity contribution in [2.45, 2.75) is 13.8 Å². The highest BCUT2D eigenvalue weighted by molar-refractivity contribution is 5.80. The molecule has 5 rings (SSSR count). The van der Waals surface area contributed by atoms with Crippen LogP contribution in [-0.2, 0) is 0 Å². The van der Waals surface area contributed by atoms with E-state index >= 15 is 0 Å². The van der Waals surface area contributed by atoms with Gasteiger partial charge in [0.25, 0.3) is 0 Å². The average molecular weight is 391 g/mol. The summed E-state index contributed by atoms with van der Waals surface area (Å²) in [5.74, 6) is 1.48. The third kappa shape index (κ3) is 3.55. The Labute approximate surface area is 174 Å². The molecule has 1 N–H and O–H groups in total. The molecule has 0 aliphatic rings. The van der Waals surface area contributed by atoms with E-state index in [-0.39, 0.29) is 0 Å². The smallest absolute Gasteiger partial charge is 0.146 e. The molecule has 146 valence electrons. The maximum Gasteiger partial charge on any atom is 0.146 e. The second-order valence-electron chi connectivity index (χ2n) is 7.47. The Balaban J connectivity index is 1.63. The Kier molecular flexibility index (Phi) is 4.52. The summed E-state index contributed by atoms with van der Waals surface area (Å²) in [6.45, 7) is 4.13. The molecule has 0 bridgehead atoms. The number of benzene rings is 3. The van der Waals surface area contributed by atoms with E-state index < -0.39 is 0 Å². The number of para-hydroxylation sites is 1. The first kappa shape index (κ1) is 18.1. The van der Waals surface area contributed by atoms with E-state index in [2.05, 4.69) is 59.7 Å². The molecule has 0 saturated carbocycles. The Morgan fingerprint density at radius 3 is 2.47 bits per heavy atom. The Hall–Kier alpha value is -3.92. The lowest BCUT2D eigenvalue weighted by molar-refractivity contribution is 0.618. The van der Waals surface area contributed by atoms with Gasteiger partial charge in [0, 0.05) is 22.4 Å². The molecule has 0 radical (unpaired) electrons. The first-order valence-corrected chi connectivity index (χ1v) is 9.93. The van der Waals surface area contributed by atoms with Gasteiger partial charge in [-0.2, -0.15) is 5.10 Å². The monoisotopic (exact) mass is 391 g/mol. The third-order valence-corrected chi connectivity index (χ3v) is 5.13. The van der Waals surface area contributed by atoms with Crippen LogP contribution in [0.25, 0.3) is 33.2 Å². The fourth-order valence-electron chi connectivity index (χ4n) is 3.47. The van der Waals surface area contributed by atoms with Crippen LogP contribution in [0.4, 0.5) is 5.82 Å². The number of nitrogens with one attached hydrogen (secondary N) is 1. The van der Waals surface area contributed by atoms with Gasteiger partial charge in [0.15, 0.2) is 0 Å². The summed E-state index contributed by atoms with van der Waals surface area (Å²) in [6.07, 6.45) is 0. The van der Waals surface area contributed by atoms with E-state index in [0.717, 1.165) is 44.1 Å². The van der Waals surface area contributed by atoms with E-state index in [4.69, 9.17) is 4.42 Å². The SMILES string of the molecule is Cc1ccc(-c2cc(=NNc3ccc4ccccc4n3)c3ccc(C)cc3o2)cc1. The average Bonchev–Trinajstić information content (AvgIpc) is 2.77. The number of hydrogen-bond acceptors (Lipinski definition) is 4. The molecule has 0 fully saturated rings. The zero-order valence-corrected chi connectivity index (χ0v) is 16.9. The molecule has 0 unspecified atom stereocenters. The van der Waals surface area contributed by atoms with Crippen LogP contribution in [0.5, 0.6) is 0 Å². The molecule has 2 heterocycles. The summed E-state index contributed by atoms with van der Waals surface area (Å²) in [7, 11) is 0. The molecule has 0 atom stereocenters. The fraction of sp³-hybridized carbons (Fsp3) is 0.0769. The minimum absolute atomic E-state index is 0.701. The predicted octanol–water partition coefficient (Wildman–Crippen LogP) is 6.19. The van der Waals surface area contributed by atoms with Gasteiger partial charge in [-0.3, -0.25) is 5.43 Å². The fourth-order valence-corrected chi connectivity index (χ4v) is 3.47. The first-order valence-electron chi connectivity index (χ1n) is 9.93. The Bertz CT molecular complexity index is 1430. The van der Waals surface area contributed by atoms with Crippen LogP contribution in [0.15, 0.2) is 94.4 Å². The van der Waals surface area contributed by atoms with Crippen molar-refractivity contribution in [3.8, 4) is 11.3 Å². The second-order valence-corrected chi connectivity index (χ2v) is 7.47. The molecular weight excluding hydrogens is 370 g/mol. The van der Waals surface area contributed by atoms with Gasteiger partial charge in [-0.15, -0.1) is 0 Å². The number of rotatable bonds is 3. The molecule has 0 aliphatic heterocycles. The van der Waals surface area contributed by atoms with Gasteiger partial charge in [0.05, 0.1) is 10.9 Å². The Morgan fingerprint density at radius 2 is 1.60 bits per heavy atom. The van der Waals surface area contributed by atoms with Gasteiger partial charge in [-0.1, -0.05) is 54.1 Å². The molecule has 5 aromatic rings. The van der Waals surface area contributed by atoms with Crippen LogP contribution in [0.1, 0.15) is 11.1 Å². The summed E-state index contributed by atoms with van der Waals surface area (Å²) in [4.78, 5) is 4.65. The van der Waals surface area contributed by atoms with Crippen molar-refractivity contribution in [3.05, 3.63) is 101 Å². The van der Waals surface area contributed by atoms with Gasteiger partial charge in [0.2, 0.25) is 0 Å². The number of nitrogens with zero attached hydrogens (tertiary/aromatic N) is 2. The minimum Gasteiger partial charge on any atom is -0.456 e. The molecular formula is C26H21N3O. The first-order chi connectivity index (χ1) is 14.7. The predicted molar refractivity (Wildman–Crippen MR) is 122 cm³/mol. The quantitative estimate of drug-likeness (QED) is 0.373. The van der Waals surface area contributed by atoms with Crippen molar-refractivity contribution < 1.29 is 4.42 Å². The number of aromatic nitrogens is 1. The molecule has 0 aliphatic carbocycles. The highest BCUT2D eigenvalue weighted by Gasteiger charge is 2.07. The van der Waals surface area contributed by atoms with E-state index in [1.165, 1.54) is 5.56 Å². The van der Waals surface area contributed by atoms with Crippen LogP contribution in [0, 0.1) is 13.8 Å². The summed E-state index contributed by atoms with van der Waals surface area (Å²) in [5, 5.41) is 7.53. The Morgan fingerprint density at radius 1 is 0.800 bits per heavy atom. The number of aryl methyl sites for hydroxylation is 2. The summed E-state index contributed by atoms with van der Waals surface area (Å²) >= 11 is 0. The molecule has 4 nitrogen and oxygen atoms in total. The topological polar surface area (TPSA) is 50.4 Å². The zero-order chi connectivity index (χ0) is 20.5. The molecule has 30 heavy (non-hydrogen) atoms. The van der Waals surface area contributed by atoms with Crippen LogP contribution in [0.3, 0.4) is 0 Å². The number of hydrogen-bond donors (Lipinski definition) is 1. The molecule has 4 heteroatoms. The van der Waals surface area contributed by atoms with Crippen molar-refractivity contribution in [3.63, 3.8) is 0 Å².